The Balaban J connectivity index is 1.82. The van der Waals surface area contributed by atoms with Gasteiger partial charge < -0.3 is 14.0 Å². The van der Waals surface area contributed by atoms with Crippen LogP contribution in [0.1, 0.15) is 38.8 Å². The number of hydrogen-bond donors (Lipinski definition) is 0. The molecule has 1 heterocycles. The predicted octanol–water partition coefficient (Wildman–Crippen LogP) is 5.37. The van der Waals surface area contributed by atoms with Crippen molar-refractivity contribution in [2.45, 2.75) is 39.8 Å². The van der Waals surface area contributed by atoms with Crippen LogP contribution < -0.4 is 4.74 Å². The van der Waals surface area contributed by atoms with Crippen molar-refractivity contribution in [2.75, 3.05) is 6.61 Å². The molecular weight excluding hydrogens is 338 g/mol. The molecule has 0 saturated heterocycles. The first-order valence-corrected chi connectivity index (χ1v) is 9.53. The first-order chi connectivity index (χ1) is 13.1. The number of benzene rings is 2. The summed E-state index contributed by atoms with van der Waals surface area (Å²) >= 11 is 0. The van der Waals surface area contributed by atoms with E-state index in [0.29, 0.717) is 25.6 Å². The number of rotatable bonds is 8. The zero-order chi connectivity index (χ0) is 19.2. The van der Waals surface area contributed by atoms with Crippen molar-refractivity contribution in [1.82, 2.24) is 4.57 Å². The largest absolute Gasteiger partial charge is 0.488 e. The third kappa shape index (κ3) is 4.51. The maximum absolute atomic E-state index is 12.5. The minimum Gasteiger partial charge on any atom is -0.488 e. The summed E-state index contributed by atoms with van der Waals surface area (Å²) in [5.41, 5.74) is 2.10. The molecule has 3 aromatic rings. The van der Waals surface area contributed by atoms with Crippen LogP contribution in [-0.4, -0.2) is 17.1 Å². The lowest BCUT2D eigenvalue weighted by atomic mass is 10.2. The van der Waals surface area contributed by atoms with E-state index in [2.05, 4.69) is 0 Å². The highest BCUT2D eigenvalue weighted by Gasteiger charge is 2.22. The first kappa shape index (κ1) is 19.0. The van der Waals surface area contributed by atoms with Crippen LogP contribution in [0, 0.1) is 5.92 Å². The molecule has 0 saturated carbocycles. The molecule has 0 aliphatic rings. The van der Waals surface area contributed by atoms with Crippen LogP contribution in [0.25, 0.3) is 10.9 Å². The van der Waals surface area contributed by atoms with E-state index in [-0.39, 0.29) is 12.0 Å². The molecular formula is C23H27NO3. The molecule has 0 bridgehead atoms. The third-order valence-electron chi connectivity index (χ3n) is 4.51. The SMILES string of the molecule is CCC(C(=O)OCC(C)C)n1ccc2c(OCc3ccccc3)cccc21. The molecule has 2 aromatic carbocycles. The van der Waals surface area contributed by atoms with Crippen LogP contribution in [0.3, 0.4) is 0 Å². The molecule has 0 N–H and O–H groups in total. The Labute approximate surface area is 160 Å². The fourth-order valence-corrected chi connectivity index (χ4v) is 3.12. The van der Waals surface area contributed by atoms with E-state index < -0.39 is 0 Å². The van der Waals surface area contributed by atoms with Gasteiger partial charge in [-0.3, -0.25) is 0 Å². The Morgan fingerprint density at radius 3 is 2.52 bits per heavy atom. The Bertz CT molecular complexity index is 883. The monoisotopic (exact) mass is 365 g/mol. The summed E-state index contributed by atoms with van der Waals surface area (Å²) in [6.45, 7) is 7.03. The van der Waals surface area contributed by atoms with Gasteiger partial charge in [-0.05, 0) is 36.1 Å². The molecule has 4 nitrogen and oxygen atoms in total. The van der Waals surface area contributed by atoms with Gasteiger partial charge in [-0.2, -0.15) is 0 Å². The van der Waals surface area contributed by atoms with Crippen molar-refractivity contribution in [3.05, 3.63) is 66.4 Å². The van der Waals surface area contributed by atoms with Crippen LogP contribution in [0.2, 0.25) is 0 Å². The van der Waals surface area contributed by atoms with E-state index >= 15 is 0 Å². The zero-order valence-electron chi connectivity index (χ0n) is 16.2. The number of fused-ring (bicyclic) bond motifs is 1. The van der Waals surface area contributed by atoms with Crippen LogP contribution in [0.15, 0.2) is 60.8 Å². The van der Waals surface area contributed by atoms with Gasteiger partial charge in [0.25, 0.3) is 0 Å². The van der Waals surface area contributed by atoms with Gasteiger partial charge in [0.2, 0.25) is 0 Å². The lowest BCUT2D eigenvalue weighted by molar-refractivity contribution is -0.148. The molecule has 1 aromatic heterocycles. The molecule has 0 amide bonds. The van der Waals surface area contributed by atoms with Gasteiger partial charge in [-0.15, -0.1) is 0 Å². The summed E-state index contributed by atoms with van der Waals surface area (Å²) in [5.74, 6) is 0.964. The van der Waals surface area contributed by atoms with Gasteiger partial charge in [0.1, 0.15) is 18.4 Å². The molecule has 3 rings (SSSR count). The van der Waals surface area contributed by atoms with Crippen LogP contribution >= 0.6 is 0 Å². The second-order valence-corrected chi connectivity index (χ2v) is 7.13. The highest BCUT2D eigenvalue weighted by Crippen LogP contribution is 2.30. The van der Waals surface area contributed by atoms with Crippen molar-refractivity contribution < 1.29 is 14.3 Å². The number of carbonyl (C=O) groups is 1. The smallest absolute Gasteiger partial charge is 0.329 e. The van der Waals surface area contributed by atoms with Gasteiger partial charge in [0.15, 0.2) is 0 Å². The van der Waals surface area contributed by atoms with Gasteiger partial charge in [-0.1, -0.05) is 57.2 Å². The number of carbonyl (C=O) groups excluding carboxylic acids is 1. The Morgan fingerprint density at radius 2 is 1.81 bits per heavy atom. The van der Waals surface area contributed by atoms with Gasteiger partial charge >= 0.3 is 5.97 Å². The highest BCUT2D eigenvalue weighted by atomic mass is 16.5. The molecule has 142 valence electrons. The Morgan fingerprint density at radius 1 is 1.04 bits per heavy atom. The quantitative estimate of drug-likeness (QED) is 0.504. The standard InChI is InChI=1S/C23H27NO3/c1-4-20(23(25)27-15-17(2)3)24-14-13-19-21(24)11-8-12-22(19)26-16-18-9-6-5-7-10-18/h5-14,17,20H,4,15-16H2,1-3H3. The normalized spacial score (nSPS) is 12.3. The summed E-state index contributed by atoms with van der Waals surface area (Å²) in [6, 6.07) is 17.7. The second-order valence-electron chi connectivity index (χ2n) is 7.13. The molecule has 0 aliphatic heterocycles. The van der Waals surface area contributed by atoms with E-state index in [0.717, 1.165) is 22.2 Å². The third-order valence-corrected chi connectivity index (χ3v) is 4.51. The number of esters is 1. The fraction of sp³-hybridized carbons (Fsp3) is 0.348. The summed E-state index contributed by atoms with van der Waals surface area (Å²) < 4.78 is 13.5. The van der Waals surface area contributed by atoms with E-state index in [1.165, 1.54) is 0 Å². The molecule has 0 aliphatic carbocycles. The molecule has 4 heteroatoms. The summed E-state index contributed by atoms with van der Waals surface area (Å²) in [6.07, 6.45) is 2.63. The van der Waals surface area contributed by atoms with Gasteiger partial charge in [0.05, 0.1) is 12.1 Å². The molecule has 0 radical (unpaired) electrons. The lowest BCUT2D eigenvalue weighted by Crippen LogP contribution is -2.22. The second kappa shape index (κ2) is 8.76. The first-order valence-electron chi connectivity index (χ1n) is 9.53. The molecule has 1 atom stereocenters. The fourth-order valence-electron chi connectivity index (χ4n) is 3.12. The van der Waals surface area contributed by atoms with Crippen LogP contribution in [0.4, 0.5) is 0 Å². The molecule has 0 fully saturated rings. The topological polar surface area (TPSA) is 40.5 Å². The predicted molar refractivity (Wildman–Crippen MR) is 108 cm³/mol. The van der Waals surface area contributed by atoms with Gasteiger partial charge in [-0.25, -0.2) is 4.79 Å². The van der Waals surface area contributed by atoms with Crippen LogP contribution in [-0.2, 0) is 16.1 Å². The van der Waals surface area contributed by atoms with E-state index in [1.54, 1.807) is 0 Å². The molecule has 0 spiro atoms. The number of hydrogen-bond acceptors (Lipinski definition) is 3. The average Bonchev–Trinajstić information content (AvgIpc) is 3.11. The maximum Gasteiger partial charge on any atom is 0.329 e. The van der Waals surface area contributed by atoms with Crippen molar-refractivity contribution >= 4 is 16.9 Å². The minimum atomic E-state index is -0.328. The Kier molecular flexibility index (Phi) is 6.17. The summed E-state index contributed by atoms with van der Waals surface area (Å²) in [4.78, 5) is 12.5. The number of aromatic nitrogens is 1. The lowest BCUT2D eigenvalue weighted by Gasteiger charge is -2.18. The average molecular weight is 365 g/mol. The van der Waals surface area contributed by atoms with E-state index in [9.17, 15) is 4.79 Å². The Hall–Kier alpha value is -2.75. The highest BCUT2D eigenvalue weighted by molar-refractivity contribution is 5.88. The number of nitrogens with zero attached hydrogens (tertiary/aromatic N) is 1. The summed E-state index contributed by atoms with van der Waals surface area (Å²) in [7, 11) is 0. The van der Waals surface area contributed by atoms with Crippen molar-refractivity contribution in [3.63, 3.8) is 0 Å². The van der Waals surface area contributed by atoms with E-state index in [4.69, 9.17) is 9.47 Å². The number of ether oxygens (including phenoxy) is 2. The van der Waals surface area contributed by atoms with Gasteiger partial charge in [0, 0.05) is 11.6 Å². The molecule has 27 heavy (non-hydrogen) atoms. The molecule has 1 unspecified atom stereocenters. The van der Waals surface area contributed by atoms with Crippen molar-refractivity contribution in [1.29, 1.82) is 0 Å². The zero-order valence-corrected chi connectivity index (χ0v) is 16.2. The van der Waals surface area contributed by atoms with Crippen molar-refractivity contribution in [2.24, 2.45) is 5.92 Å². The minimum absolute atomic E-state index is 0.181. The van der Waals surface area contributed by atoms with Crippen molar-refractivity contribution in [3.8, 4) is 5.75 Å². The van der Waals surface area contributed by atoms with Crippen LogP contribution in [0.5, 0.6) is 5.75 Å². The maximum atomic E-state index is 12.5. The van der Waals surface area contributed by atoms with E-state index in [1.807, 2.05) is 86.1 Å². The summed E-state index contributed by atoms with van der Waals surface area (Å²) in [5, 5.41) is 1.00.